The number of amides is 1. The standard InChI is InChI=1S/C20H28N4O2/c1-3-5-6-7-8-19-22-17-15-16(10-12-20(25)23-26)9-11-18(17)24(19)14-13-21-4-2/h5-6,9-12,15,21,26H,3-4,7-8,13-14H2,1-2H3,(H,23,25)/b6-5?,12-10+. The number of hydrogen-bond donors (Lipinski definition) is 3. The second-order valence-corrected chi connectivity index (χ2v) is 6.01. The highest BCUT2D eigenvalue weighted by atomic mass is 16.5. The van der Waals surface area contributed by atoms with Gasteiger partial charge in [0.25, 0.3) is 5.91 Å². The van der Waals surface area contributed by atoms with Crippen molar-refractivity contribution >= 4 is 23.0 Å². The molecule has 0 atom stereocenters. The van der Waals surface area contributed by atoms with Gasteiger partial charge in [0.2, 0.25) is 0 Å². The maximum Gasteiger partial charge on any atom is 0.267 e. The first kappa shape index (κ1) is 19.9. The molecule has 26 heavy (non-hydrogen) atoms. The maximum atomic E-state index is 11.1. The van der Waals surface area contributed by atoms with Gasteiger partial charge in [0.1, 0.15) is 5.82 Å². The Morgan fingerprint density at radius 3 is 2.88 bits per heavy atom. The molecule has 0 saturated carbocycles. The van der Waals surface area contributed by atoms with Gasteiger partial charge in [-0.1, -0.05) is 32.1 Å². The molecule has 6 heteroatoms. The number of carbonyl (C=O) groups is 1. The van der Waals surface area contributed by atoms with Gasteiger partial charge in [-0.05, 0) is 43.2 Å². The quantitative estimate of drug-likeness (QED) is 0.201. The monoisotopic (exact) mass is 356 g/mol. The van der Waals surface area contributed by atoms with E-state index in [9.17, 15) is 4.79 Å². The van der Waals surface area contributed by atoms with E-state index in [2.05, 4.69) is 35.9 Å². The fraction of sp³-hybridized carbons (Fsp3) is 0.400. The highest BCUT2D eigenvalue weighted by Crippen LogP contribution is 2.20. The summed E-state index contributed by atoms with van der Waals surface area (Å²) in [6, 6.07) is 5.96. The summed E-state index contributed by atoms with van der Waals surface area (Å²) >= 11 is 0. The molecule has 0 aliphatic rings. The van der Waals surface area contributed by atoms with Crippen LogP contribution >= 0.6 is 0 Å². The van der Waals surface area contributed by atoms with Gasteiger partial charge in [0.05, 0.1) is 11.0 Å². The third kappa shape index (κ3) is 5.54. The Morgan fingerprint density at radius 1 is 1.31 bits per heavy atom. The molecule has 0 aliphatic heterocycles. The van der Waals surface area contributed by atoms with Crippen molar-refractivity contribution in [2.45, 2.75) is 39.7 Å². The molecule has 0 aliphatic carbocycles. The summed E-state index contributed by atoms with van der Waals surface area (Å²) in [6.07, 6.45) is 10.3. The Morgan fingerprint density at radius 2 is 2.15 bits per heavy atom. The van der Waals surface area contributed by atoms with Gasteiger partial charge in [-0.2, -0.15) is 0 Å². The van der Waals surface area contributed by atoms with Crippen molar-refractivity contribution in [3.63, 3.8) is 0 Å². The van der Waals surface area contributed by atoms with Crippen LogP contribution in [0.2, 0.25) is 0 Å². The van der Waals surface area contributed by atoms with E-state index in [1.807, 2.05) is 18.2 Å². The Balaban J connectivity index is 2.28. The minimum atomic E-state index is -0.551. The summed E-state index contributed by atoms with van der Waals surface area (Å²) in [7, 11) is 0. The van der Waals surface area contributed by atoms with Crippen LogP contribution in [0.25, 0.3) is 17.1 Å². The van der Waals surface area contributed by atoms with E-state index >= 15 is 0 Å². The third-order valence-corrected chi connectivity index (χ3v) is 4.09. The highest BCUT2D eigenvalue weighted by Gasteiger charge is 2.10. The van der Waals surface area contributed by atoms with E-state index in [0.717, 1.165) is 61.3 Å². The number of likely N-dealkylation sites (N-methyl/N-ethyl adjacent to an activating group) is 1. The fourth-order valence-electron chi connectivity index (χ4n) is 2.81. The van der Waals surface area contributed by atoms with Crippen LogP contribution in [0.3, 0.4) is 0 Å². The number of imidazole rings is 1. The predicted octanol–water partition coefficient (Wildman–Crippen LogP) is 3.06. The summed E-state index contributed by atoms with van der Waals surface area (Å²) < 4.78 is 2.27. The van der Waals surface area contributed by atoms with Crippen molar-refractivity contribution in [1.29, 1.82) is 0 Å². The first-order valence-corrected chi connectivity index (χ1v) is 9.16. The summed E-state index contributed by atoms with van der Waals surface area (Å²) in [5.41, 5.74) is 4.48. The van der Waals surface area contributed by atoms with Crippen molar-refractivity contribution < 1.29 is 10.0 Å². The topological polar surface area (TPSA) is 79.2 Å². The lowest BCUT2D eigenvalue weighted by molar-refractivity contribution is -0.124. The van der Waals surface area contributed by atoms with E-state index < -0.39 is 5.91 Å². The molecular formula is C20H28N4O2. The maximum absolute atomic E-state index is 11.1. The number of rotatable bonds is 10. The second kappa shape index (κ2) is 10.5. The summed E-state index contributed by atoms with van der Waals surface area (Å²) in [6.45, 7) is 6.96. The van der Waals surface area contributed by atoms with Crippen LogP contribution in [0.5, 0.6) is 0 Å². The van der Waals surface area contributed by atoms with E-state index in [1.54, 1.807) is 11.6 Å². The number of aryl methyl sites for hydroxylation is 1. The Kier molecular flexibility index (Phi) is 8.05. The Bertz CT molecular complexity index is 777. The molecule has 0 radical (unpaired) electrons. The minimum absolute atomic E-state index is 0.551. The molecule has 0 saturated heterocycles. The number of aromatic nitrogens is 2. The number of carbonyl (C=O) groups excluding carboxylic acids is 1. The zero-order chi connectivity index (χ0) is 18.8. The number of fused-ring (bicyclic) bond motifs is 1. The normalized spacial score (nSPS) is 11.8. The van der Waals surface area contributed by atoms with Crippen LogP contribution in [-0.2, 0) is 17.8 Å². The number of nitrogens with one attached hydrogen (secondary N) is 2. The summed E-state index contributed by atoms with van der Waals surface area (Å²) in [4.78, 5) is 16.0. The van der Waals surface area contributed by atoms with Crippen molar-refractivity contribution in [2.24, 2.45) is 0 Å². The van der Waals surface area contributed by atoms with E-state index in [-0.39, 0.29) is 0 Å². The van der Waals surface area contributed by atoms with Crippen molar-refractivity contribution in [3.05, 3.63) is 47.8 Å². The van der Waals surface area contributed by atoms with Gasteiger partial charge in [0, 0.05) is 25.6 Å². The van der Waals surface area contributed by atoms with Gasteiger partial charge in [-0.25, -0.2) is 10.5 Å². The molecule has 1 heterocycles. The lowest BCUT2D eigenvalue weighted by Crippen LogP contribution is -2.20. The van der Waals surface area contributed by atoms with Gasteiger partial charge in [-0.15, -0.1) is 0 Å². The SMILES string of the molecule is CCC=CCCc1nc2cc(/C=C/C(=O)NO)ccc2n1CCNCC. The number of benzene rings is 1. The predicted molar refractivity (Wildman–Crippen MR) is 105 cm³/mol. The largest absolute Gasteiger partial charge is 0.327 e. The fourth-order valence-corrected chi connectivity index (χ4v) is 2.81. The lowest BCUT2D eigenvalue weighted by atomic mass is 10.2. The molecule has 0 unspecified atom stereocenters. The van der Waals surface area contributed by atoms with E-state index in [1.165, 1.54) is 6.08 Å². The highest BCUT2D eigenvalue weighted by molar-refractivity contribution is 5.91. The second-order valence-electron chi connectivity index (χ2n) is 6.01. The first-order valence-electron chi connectivity index (χ1n) is 9.16. The van der Waals surface area contributed by atoms with Gasteiger partial charge < -0.3 is 9.88 Å². The third-order valence-electron chi connectivity index (χ3n) is 4.09. The molecule has 2 aromatic rings. The number of nitrogens with zero attached hydrogens (tertiary/aromatic N) is 2. The molecule has 1 amide bonds. The Hall–Kier alpha value is -2.44. The van der Waals surface area contributed by atoms with Crippen molar-refractivity contribution in [1.82, 2.24) is 20.3 Å². The van der Waals surface area contributed by atoms with Crippen LogP contribution < -0.4 is 10.8 Å². The van der Waals surface area contributed by atoms with Crippen molar-refractivity contribution in [2.75, 3.05) is 13.1 Å². The molecule has 6 nitrogen and oxygen atoms in total. The van der Waals surface area contributed by atoms with E-state index in [0.29, 0.717) is 0 Å². The van der Waals surface area contributed by atoms with Crippen LogP contribution in [0.4, 0.5) is 0 Å². The molecule has 0 fully saturated rings. The zero-order valence-corrected chi connectivity index (χ0v) is 15.5. The summed E-state index contributed by atoms with van der Waals surface area (Å²) in [5, 5.41) is 11.9. The van der Waals surface area contributed by atoms with Crippen LogP contribution in [0, 0.1) is 0 Å². The van der Waals surface area contributed by atoms with Gasteiger partial charge >= 0.3 is 0 Å². The average Bonchev–Trinajstić information content (AvgIpc) is 3.00. The van der Waals surface area contributed by atoms with Crippen molar-refractivity contribution in [3.8, 4) is 0 Å². The lowest BCUT2D eigenvalue weighted by Gasteiger charge is -2.09. The molecule has 140 valence electrons. The first-order chi connectivity index (χ1) is 12.7. The smallest absolute Gasteiger partial charge is 0.267 e. The Labute approximate surface area is 154 Å². The molecule has 1 aromatic carbocycles. The summed E-state index contributed by atoms with van der Waals surface area (Å²) in [5.74, 6) is 0.526. The van der Waals surface area contributed by atoms with Gasteiger partial charge in [-0.3, -0.25) is 10.0 Å². The van der Waals surface area contributed by atoms with E-state index in [4.69, 9.17) is 10.2 Å². The molecule has 2 rings (SSSR count). The molecule has 0 spiro atoms. The van der Waals surface area contributed by atoms with Gasteiger partial charge in [0.15, 0.2) is 0 Å². The number of hydrogen-bond acceptors (Lipinski definition) is 4. The molecule has 1 aromatic heterocycles. The minimum Gasteiger partial charge on any atom is -0.327 e. The number of hydroxylamine groups is 1. The molecule has 0 bridgehead atoms. The molecule has 3 N–H and O–H groups in total. The van der Waals surface area contributed by atoms with Crippen LogP contribution in [0.1, 0.15) is 38.1 Å². The molecular weight excluding hydrogens is 328 g/mol. The number of allylic oxidation sites excluding steroid dienone is 2. The zero-order valence-electron chi connectivity index (χ0n) is 15.5. The average molecular weight is 356 g/mol. The van der Waals surface area contributed by atoms with Crippen LogP contribution in [-0.4, -0.2) is 33.8 Å². The van der Waals surface area contributed by atoms with Crippen LogP contribution in [0.15, 0.2) is 36.4 Å².